The molecule has 2 aliphatic rings. The van der Waals surface area contributed by atoms with E-state index in [1.54, 1.807) is 0 Å². The molecular weight excluding hydrogens is 487 g/mol. The van der Waals surface area contributed by atoms with Crippen LogP contribution in [0.2, 0.25) is 0 Å². The van der Waals surface area contributed by atoms with Crippen molar-refractivity contribution in [1.29, 1.82) is 0 Å². The maximum Gasteiger partial charge on any atom is 0.490 e. The molecule has 2 heterocycles. The number of carboxylic acids is 2. The number of hydrogen-bond acceptors (Lipinski definition) is 7. The summed E-state index contributed by atoms with van der Waals surface area (Å²) in [4.78, 5) is 41.5. The lowest BCUT2D eigenvalue weighted by atomic mass is 10.0. The van der Waals surface area contributed by atoms with Crippen LogP contribution in [0.4, 0.5) is 23.7 Å². The number of ether oxygens (including phenoxy) is 1. The van der Waals surface area contributed by atoms with Crippen LogP contribution in [0.15, 0.2) is 29.3 Å². The maximum absolute atomic E-state index is 11.2. The van der Waals surface area contributed by atoms with Gasteiger partial charge in [0.2, 0.25) is 0 Å². The number of aliphatic imine (C=N–C) groups is 1. The number of likely N-dealkylation sites (tertiary alicyclic amines) is 1. The predicted molar refractivity (Wildman–Crippen MR) is 124 cm³/mol. The average molecular weight is 518 g/mol. The van der Waals surface area contributed by atoms with E-state index in [9.17, 15) is 22.8 Å². The van der Waals surface area contributed by atoms with Gasteiger partial charge < -0.3 is 25.6 Å². The quantitative estimate of drug-likeness (QED) is 0.387. The monoisotopic (exact) mass is 517 g/mol. The molecule has 36 heavy (non-hydrogen) atoms. The van der Waals surface area contributed by atoms with E-state index in [2.05, 4.69) is 19.5 Å². The number of carbonyl (C=O) groups excluding carboxylic acids is 1. The third-order valence-electron chi connectivity index (χ3n) is 5.90. The molecule has 1 aromatic rings. The second-order valence-electron chi connectivity index (χ2n) is 8.24. The normalized spacial score (nSPS) is 18.2. The molecule has 0 bridgehead atoms. The van der Waals surface area contributed by atoms with Gasteiger partial charge in [-0.2, -0.15) is 18.2 Å². The van der Waals surface area contributed by atoms with E-state index >= 15 is 0 Å². The summed E-state index contributed by atoms with van der Waals surface area (Å²) < 4.78 is 36.2. The molecule has 11 nitrogen and oxygen atoms in total. The smallest absolute Gasteiger partial charge is 0.480 e. The molecule has 0 aliphatic carbocycles. The van der Waals surface area contributed by atoms with Gasteiger partial charge in [0, 0.05) is 56.6 Å². The maximum atomic E-state index is 11.2. The van der Waals surface area contributed by atoms with Crippen molar-refractivity contribution >= 4 is 29.6 Å². The molecule has 4 N–H and O–H groups in total. The third-order valence-corrected chi connectivity index (χ3v) is 5.90. The number of anilines is 1. The standard InChI is InChI=1S/C20H29N5O4.C2HF3O2/c1-29-20(28)22-19(21)15-2-4-16(5-3-15)24-10-12-25(13-11-24)17-6-8-23(9-7-17)14-18(26)27;3-2(4,5)1(6)7/h2-5,17H,6-14H2,1H3,(H,26,27)(H2,21,22,28);(H,6,7). The number of halogens is 3. The van der Waals surface area contributed by atoms with Crippen LogP contribution in [-0.2, 0) is 14.3 Å². The van der Waals surface area contributed by atoms with Gasteiger partial charge in [0.1, 0.15) is 5.84 Å². The number of nitrogens with zero attached hydrogens (tertiary/aromatic N) is 4. The van der Waals surface area contributed by atoms with Crippen molar-refractivity contribution in [2.75, 3.05) is 57.8 Å². The SMILES string of the molecule is COC(=O)/N=C(\N)c1ccc(N2CCN(C3CCN(CC(=O)O)CC3)CC2)cc1.O=C(O)C(F)(F)F. The van der Waals surface area contributed by atoms with Gasteiger partial charge in [-0.05, 0) is 37.1 Å². The fourth-order valence-electron chi connectivity index (χ4n) is 4.03. The molecule has 0 radical (unpaired) electrons. The van der Waals surface area contributed by atoms with E-state index in [1.165, 1.54) is 7.11 Å². The van der Waals surface area contributed by atoms with Crippen LogP contribution < -0.4 is 10.6 Å². The predicted octanol–water partition coefficient (Wildman–Crippen LogP) is 1.46. The molecule has 0 aromatic heterocycles. The number of amides is 1. The van der Waals surface area contributed by atoms with Crippen molar-refractivity contribution in [3.63, 3.8) is 0 Å². The molecule has 1 aromatic carbocycles. The van der Waals surface area contributed by atoms with E-state index in [0.29, 0.717) is 11.6 Å². The van der Waals surface area contributed by atoms with Gasteiger partial charge in [0.05, 0.1) is 13.7 Å². The summed E-state index contributed by atoms with van der Waals surface area (Å²) in [7, 11) is 1.27. The molecule has 2 aliphatic heterocycles. The Bertz CT molecular complexity index is 925. The molecule has 0 atom stereocenters. The molecule has 0 saturated carbocycles. The zero-order valence-corrected chi connectivity index (χ0v) is 19.8. The van der Waals surface area contributed by atoms with Crippen LogP contribution in [0, 0.1) is 0 Å². The van der Waals surface area contributed by atoms with Gasteiger partial charge in [0.15, 0.2) is 0 Å². The number of hydrogen-bond donors (Lipinski definition) is 3. The largest absolute Gasteiger partial charge is 0.490 e. The van der Waals surface area contributed by atoms with E-state index < -0.39 is 24.2 Å². The van der Waals surface area contributed by atoms with Crippen molar-refractivity contribution in [3.05, 3.63) is 29.8 Å². The van der Waals surface area contributed by atoms with Crippen molar-refractivity contribution in [2.24, 2.45) is 10.7 Å². The highest BCUT2D eigenvalue weighted by Gasteiger charge is 2.38. The van der Waals surface area contributed by atoms with Gasteiger partial charge in [-0.15, -0.1) is 0 Å². The second-order valence-corrected chi connectivity index (χ2v) is 8.24. The number of amidine groups is 1. The summed E-state index contributed by atoms with van der Waals surface area (Å²) in [6.07, 6.45) is -3.74. The number of rotatable bonds is 5. The van der Waals surface area contributed by atoms with E-state index in [4.69, 9.17) is 20.7 Å². The second kappa shape index (κ2) is 13.1. The highest BCUT2D eigenvalue weighted by Crippen LogP contribution is 2.22. The van der Waals surface area contributed by atoms with Crippen LogP contribution in [0.3, 0.4) is 0 Å². The van der Waals surface area contributed by atoms with E-state index in [1.807, 2.05) is 29.2 Å². The highest BCUT2D eigenvalue weighted by atomic mass is 19.4. The minimum Gasteiger partial charge on any atom is -0.480 e. The molecule has 14 heteroatoms. The molecule has 3 rings (SSSR count). The summed E-state index contributed by atoms with van der Waals surface area (Å²) in [5.41, 5.74) is 7.64. The summed E-state index contributed by atoms with van der Waals surface area (Å²) in [6.45, 7) is 5.74. The van der Waals surface area contributed by atoms with Crippen molar-refractivity contribution in [3.8, 4) is 0 Å². The molecule has 1 amide bonds. The van der Waals surface area contributed by atoms with E-state index in [-0.39, 0.29) is 12.4 Å². The number of aliphatic carboxylic acids is 2. The molecule has 2 saturated heterocycles. The summed E-state index contributed by atoms with van der Waals surface area (Å²) >= 11 is 0. The summed E-state index contributed by atoms with van der Waals surface area (Å²) in [6, 6.07) is 8.26. The number of benzene rings is 1. The molecule has 2 fully saturated rings. The van der Waals surface area contributed by atoms with Gasteiger partial charge in [-0.25, -0.2) is 9.59 Å². The molecule has 0 spiro atoms. The van der Waals surface area contributed by atoms with E-state index in [0.717, 1.165) is 57.8 Å². The topological polar surface area (TPSA) is 149 Å². The number of methoxy groups -OCH3 is 1. The van der Waals surface area contributed by atoms with Crippen molar-refractivity contribution in [1.82, 2.24) is 9.80 Å². The van der Waals surface area contributed by atoms with Crippen LogP contribution in [0.1, 0.15) is 18.4 Å². The van der Waals surface area contributed by atoms with Gasteiger partial charge in [-0.3, -0.25) is 14.6 Å². The minimum atomic E-state index is -5.08. The zero-order valence-electron chi connectivity index (χ0n) is 19.8. The first-order chi connectivity index (χ1) is 16.9. The highest BCUT2D eigenvalue weighted by molar-refractivity contribution is 6.02. The number of nitrogens with two attached hydrogens (primary N) is 1. The lowest BCUT2D eigenvalue weighted by Crippen LogP contribution is -2.53. The fraction of sp³-hybridized carbons (Fsp3) is 0.545. The first kappa shape index (κ1) is 28.8. The summed E-state index contributed by atoms with van der Waals surface area (Å²) in [5.74, 6) is -3.36. The fourth-order valence-corrected chi connectivity index (χ4v) is 4.03. The van der Waals surface area contributed by atoms with Crippen molar-refractivity contribution < 1.29 is 42.5 Å². The summed E-state index contributed by atoms with van der Waals surface area (Å²) in [5, 5.41) is 16.0. The Morgan fingerprint density at radius 3 is 2.00 bits per heavy atom. The van der Waals surface area contributed by atoms with Crippen molar-refractivity contribution in [2.45, 2.75) is 25.1 Å². The lowest BCUT2D eigenvalue weighted by Gasteiger charge is -2.43. The number of piperidine rings is 1. The molecule has 200 valence electrons. The third kappa shape index (κ3) is 9.00. The van der Waals surface area contributed by atoms with Crippen LogP contribution in [0.25, 0.3) is 0 Å². The Morgan fingerprint density at radius 2 is 1.56 bits per heavy atom. The Labute approximate surface area is 205 Å². The van der Waals surface area contributed by atoms with Crippen LogP contribution >= 0.6 is 0 Å². The Kier molecular flexibility index (Phi) is 10.5. The Morgan fingerprint density at radius 1 is 1.03 bits per heavy atom. The average Bonchev–Trinajstić information content (AvgIpc) is 2.84. The zero-order chi connectivity index (χ0) is 26.9. The first-order valence-corrected chi connectivity index (χ1v) is 11.2. The molecule has 0 unspecified atom stereocenters. The van der Waals surface area contributed by atoms with Crippen LogP contribution in [0.5, 0.6) is 0 Å². The van der Waals surface area contributed by atoms with Gasteiger partial charge in [0.25, 0.3) is 0 Å². The number of alkyl halides is 3. The Hall–Kier alpha value is -3.39. The Balaban J connectivity index is 0.000000572. The lowest BCUT2D eigenvalue weighted by molar-refractivity contribution is -0.192. The first-order valence-electron chi connectivity index (χ1n) is 11.2. The minimum absolute atomic E-state index is 0.141. The number of carboxylic acid groups (broad SMARTS) is 2. The molecular formula is C22H30F3N5O6. The number of piperazine rings is 1. The van der Waals surface area contributed by atoms with Gasteiger partial charge >= 0.3 is 24.2 Å². The van der Waals surface area contributed by atoms with Gasteiger partial charge in [-0.1, -0.05) is 0 Å². The van der Waals surface area contributed by atoms with Crippen LogP contribution in [-0.4, -0.2) is 109 Å². The number of carbonyl (C=O) groups is 3.